The van der Waals surface area contributed by atoms with E-state index >= 15 is 0 Å². The van der Waals surface area contributed by atoms with Gasteiger partial charge in [0.25, 0.3) is 10.0 Å². The van der Waals surface area contributed by atoms with Crippen molar-refractivity contribution in [2.75, 3.05) is 15.4 Å². The first-order valence-electron chi connectivity index (χ1n) is 8.92. The van der Waals surface area contributed by atoms with Crippen LogP contribution >= 0.6 is 11.6 Å². The summed E-state index contributed by atoms with van der Waals surface area (Å²) in [5.41, 5.74) is 3.17. The highest BCUT2D eigenvalue weighted by molar-refractivity contribution is 7.92. The molecule has 8 nitrogen and oxygen atoms in total. The van der Waals surface area contributed by atoms with Crippen LogP contribution in [0.25, 0.3) is 0 Å². The zero-order valence-corrected chi connectivity index (χ0v) is 18.1. The van der Waals surface area contributed by atoms with Crippen LogP contribution in [0.1, 0.15) is 17.0 Å². The van der Waals surface area contributed by atoms with Crippen molar-refractivity contribution in [1.29, 1.82) is 0 Å². The van der Waals surface area contributed by atoms with Gasteiger partial charge in [0.2, 0.25) is 5.95 Å². The summed E-state index contributed by atoms with van der Waals surface area (Å²) in [5.74, 6) is 0.00541. The molecule has 0 radical (unpaired) electrons. The van der Waals surface area contributed by atoms with Crippen LogP contribution in [-0.4, -0.2) is 24.4 Å². The molecule has 0 aliphatic rings. The molecule has 1 aromatic heterocycles. The van der Waals surface area contributed by atoms with Crippen LogP contribution in [0.4, 0.5) is 22.1 Å². The quantitative estimate of drug-likeness (QED) is 0.535. The largest absolute Gasteiger partial charge is 0.323 e. The van der Waals surface area contributed by atoms with Gasteiger partial charge in [0.1, 0.15) is 0 Å². The average Bonchev–Trinajstić information content (AvgIpc) is 2.64. The zero-order chi connectivity index (χ0) is 21.9. The van der Waals surface area contributed by atoms with Crippen molar-refractivity contribution >= 4 is 45.0 Å². The van der Waals surface area contributed by atoms with E-state index in [0.29, 0.717) is 27.8 Å². The van der Waals surface area contributed by atoms with Crippen molar-refractivity contribution in [3.63, 3.8) is 0 Å². The molecular formula is C20H20ClN5O3S. The number of hydrogen-bond donors (Lipinski definition) is 3. The number of amides is 2. The SMILES string of the molecule is Cc1cc(C)nc(NS(=O)(=O)c2ccc(NC(=O)Nc3ccc(C)c(Cl)c3)cc2)n1. The highest BCUT2D eigenvalue weighted by Crippen LogP contribution is 2.21. The third kappa shape index (κ3) is 5.46. The van der Waals surface area contributed by atoms with E-state index in [2.05, 4.69) is 25.3 Å². The van der Waals surface area contributed by atoms with Crippen LogP contribution in [-0.2, 0) is 10.0 Å². The predicted octanol–water partition coefficient (Wildman–Crippen LogP) is 4.50. The Morgan fingerprint density at radius 1 is 0.867 bits per heavy atom. The minimum atomic E-state index is -3.87. The van der Waals surface area contributed by atoms with Crippen LogP contribution in [0.5, 0.6) is 0 Å². The van der Waals surface area contributed by atoms with Gasteiger partial charge < -0.3 is 10.6 Å². The highest BCUT2D eigenvalue weighted by Gasteiger charge is 2.16. The summed E-state index contributed by atoms with van der Waals surface area (Å²) >= 11 is 6.05. The molecule has 0 unspecified atom stereocenters. The standard InChI is InChI=1S/C20H20ClN5O3S/c1-12-4-5-16(11-18(12)21)25-20(27)24-15-6-8-17(9-7-15)30(28,29)26-19-22-13(2)10-14(3)23-19/h4-11H,1-3H3,(H,22,23,26)(H2,24,25,27). The van der Waals surface area contributed by atoms with Gasteiger partial charge in [-0.3, -0.25) is 0 Å². The number of anilines is 3. The second-order valence-corrected chi connectivity index (χ2v) is 8.74. The molecule has 30 heavy (non-hydrogen) atoms. The lowest BCUT2D eigenvalue weighted by molar-refractivity contribution is 0.262. The van der Waals surface area contributed by atoms with Crippen molar-refractivity contribution in [2.24, 2.45) is 0 Å². The molecule has 3 N–H and O–H groups in total. The summed E-state index contributed by atoms with van der Waals surface area (Å²) < 4.78 is 27.5. The fourth-order valence-electron chi connectivity index (χ4n) is 2.63. The van der Waals surface area contributed by atoms with Gasteiger partial charge in [-0.05, 0) is 68.8 Å². The fourth-order valence-corrected chi connectivity index (χ4v) is 3.76. The number of aromatic nitrogens is 2. The predicted molar refractivity (Wildman–Crippen MR) is 118 cm³/mol. The molecule has 2 aromatic carbocycles. The van der Waals surface area contributed by atoms with Gasteiger partial charge in [0, 0.05) is 27.8 Å². The Kier molecular flexibility index (Phi) is 6.23. The third-order valence-corrected chi connectivity index (χ3v) is 5.81. The van der Waals surface area contributed by atoms with Crippen molar-refractivity contribution in [1.82, 2.24) is 9.97 Å². The molecule has 2 amide bonds. The van der Waals surface area contributed by atoms with Gasteiger partial charge in [0.05, 0.1) is 4.90 Å². The summed E-state index contributed by atoms with van der Waals surface area (Å²) in [6.07, 6.45) is 0. The Morgan fingerprint density at radius 2 is 1.43 bits per heavy atom. The topological polar surface area (TPSA) is 113 Å². The molecule has 0 saturated heterocycles. The van der Waals surface area contributed by atoms with Crippen LogP contribution in [0.3, 0.4) is 0 Å². The van der Waals surface area contributed by atoms with Crippen LogP contribution in [0, 0.1) is 20.8 Å². The summed E-state index contributed by atoms with van der Waals surface area (Å²) in [5, 5.41) is 5.84. The van der Waals surface area contributed by atoms with Gasteiger partial charge in [-0.25, -0.2) is 27.9 Å². The number of carbonyl (C=O) groups excluding carboxylic acids is 1. The fraction of sp³-hybridized carbons (Fsp3) is 0.150. The molecule has 0 aliphatic heterocycles. The van der Waals surface area contributed by atoms with Crippen LogP contribution in [0.15, 0.2) is 53.4 Å². The maximum absolute atomic E-state index is 12.6. The molecule has 0 aliphatic carbocycles. The number of aryl methyl sites for hydroxylation is 3. The number of benzene rings is 2. The molecule has 3 rings (SSSR count). The summed E-state index contributed by atoms with van der Waals surface area (Å²) in [6.45, 7) is 5.37. The molecule has 156 valence electrons. The highest BCUT2D eigenvalue weighted by atomic mass is 35.5. The van der Waals surface area contributed by atoms with E-state index in [1.807, 2.05) is 6.92 Å². The van der Waals surface area contributed by atoms with Gasteiger partial charge in [-0.15, -0.1) is 0 Å². The molecule has 0 atom stereocenters. The second-order valence-electron chi connectivity index (χ2n) is 6.65. The van der Waals surface area contributed by atoms with Gasteiger partial charge in [-0.1, -0.05) is 17.7 Å². The monoisotopic (exact) mass is 445 g/mol. The van der Waals surface area contributed by atoms with Gasteiger partial charge in [-0.2, -0.15) is 0 Å². The minimum absolute atomic E-state index is 0.00541. The van der Waals surface area contributed by atoms with E-state index in [0.717, 1.165) is 5.56 Å². The first-order valence-corrected chi connectivity index (χ1v) is 10.8. The first-order chi connectivity index (χ1) is 14.1. The first kappa shape index (κ1) is 21.5. The number of carbonyl (C=O) groups is 1. The third-order valence-electron chi connectivity index (χ3n) is 4.06. The van der Waals surface area contributed by atoms with Crippen molar-refractivity contribution in [2.45, 2.75) is 25.7 Å². The lowest BCUT2D eigenvalue weighted by atomic mass is 10.2. The molecule has 0 saturated carbocycles. The lowest BCUT2D eigenvalue weighted by Crippen LogP contribution is -2.19. The van der Waals surface area contributed by atoms with E-state index in [9.17, 15) is 13.2 Å². The van der Waals surface area contributed by atoms with Crippen LogP contribution in [0.2, 0.25) is 5.02 Å². The Bertz CT molecular complexity index is 1180. The number of halogens is 1. The Labute approximate surface area is 179 Å². The van der Waals surface area contributed by atoms with Gasteiger partial charge in [0.15, 0.2) is 0 Å². The molecule has 0 spiro atoms. The number of urea groups is 1. The van der Waals surface area contributed by atoms with E-state index in [1.165, 1.54) is 24.3 Å². The number of hydrogen-bond acceptors (Lipinski definition) is 5. The Hall–Kier alpha value is -3.17. The second kappa shape index (κ2) is 8.68. The molecule has 0 fully saturated rings. The zero-order valence-electron chi connectivity index (χ0n) is 16.5. The summed E-state index contributed by atoms with van der Waals surface area (Å²) in [6, 6.07) is 12.2. The number of nitrogens with zero attached hydrogens (tertiary/aromatic N) is 2. The normalized spacial score (nSPS) is 11.1. The molecular weight excluding hydrogens is 426 g/mol. The minimum Gasteiger partial charge on any atom is -0.308 e. The molecule has 3 aromatic rings. The Morgan fingerprint density at radius 3 is 2.03 bits per heavy atom. The van der Waals surface area contributed by atoms with E-state index in [1.54, 1.807) is 38.1 Å². The Balaban J connectivity index is 1.67. The van der Waals surface area contributed by atoms with E-state index < -0.39 is 16.1 Å². The van der Waals surface area contributed by atoms with Crippen molar-refractivity contribution in [3.05, 3.63) is 70.5 Å². The molecule has 0 bridgehead atoms. The average molecular weight is 446 g/mol. The van der Waals surface area contributed by atoms with E-state index in [4.69, 9.17) is 11.6 Å². The summed E-state index contributed by atoms with van der Waals surface area (Å²) in [4.78, 5) is 20.3. The van der Waals surface area contributed by atoms with Crippen molar-refractivity contribution in [3.8, 4) is 0 Å². The van der Waals surface area contributed by atoms with Gasteiger partial charge >= 0.3 is 6.03 Å². The maximum atomic E-state index is 12.6. The smallest absolute Gasteiger partial charge is 0.308 e. The molecule has 1 heterocycles. The van der Waals surface area contributed by atoms with E-state index in [-0.39, 0.29) is 10.8 Å². The number of sulfonamides is 1. The number of rotatable bonds is 5. The van der Waals surface area contributed by atoms with Crippen molar-refractivity contribution < 1.29 is 13.2 Å². The molecule has 10 heteroatoms. The van der Waals surface area contributed by atoms with Crippen LogP contribution < -0.4 is 15.4 Å². The maximum Gasteiger partial charge on any atom is 0.323 e. The number of nitrogens with one attached hydrogen (secondary N) is 3. The summed E-state index contributed by atoms with van der Waals surface area (Å²) in [7, 11) is -3.87. The lowest BCUT2D eigenvalue weighted by Gasteiger charge is -2.10.